The molecule has 0 radical (unpaired) electrons. The van der Waals surface area contributed by atoms with Crippen LogP contribution in [0.15, 0.2) is 18.6 Å². The first-order chi connectivity index (χ1) is 15.6. The molecule has 0 unspecified atom stereocenters. The molecule has 0 spiro atoms. The van der Waals surface area contributed by atoms with Crippen LogP contribution in [0.5, 0.6) is 0 Å². The standard InChI is InChI=1S/C21H28N10O/c22-19-24-11-14(12-25-19)17-16-13-26-31(15-1-5-30(6-2-15)21(23)3-4-21)18(16)28-20(27-17)29-7-9-32-10-8-29/h11-13,15H,1-10,23H2,(H2,22,24,25). The highest BCUT2D eigenvalue weighted by Crippen LogP contribution is 2.39. The largest absolute Gasteiger partial charge is 0.378 e. The van der Waals surface area contributed by atoms with E-state index in [1.807, 2.05) is 6.20 Å². The quantitative estimate of drug-likeness (QED) is 0.604. The van der Waals surface area contributed by atoms with E-state index in [0.717, 1.165) is 74.2 Å². The Morgan fingerprint density at radius 3 is 2.38 bits per heavy atom. The second kappa shape index (κ2) is 7.61. The van der Waals surface area contributed by atoms with Crippen LogP contribution in [0.4, 0.5) is 11.9 Å². The highest BCUT2D eigenvalue weighted by Gasteiger charge is 2.45. The van der Waals surface area contributed by atoms with Crippen molar-refractivity contribution in [3.05, 3.63) is 18.6 Å². The Morgan fingerprint density at radius 2 is 1.69 bits per heavy atom. The molecule has 6 rings (SSSR count). The average molecular weight is 437 g/mol. The minimum atomic E-state index is -0.0643. The summed E-state index contributed by atoms with van der Waals surface area (Å²) >= 11 is 0. The van der Waals surface area contributed by atoms with Gasteiger partial charge in [0.25, 0.3) is 0 Å². The summed E-state index contributed by atoms with van der Waals surface area (Å²) in [6.45, 7) is 4.83. The first-order valence-corrected chi connectivity index (χ1v) is 11.3. The maximum Gasteiger partial charge on any atom is 0.228 e. The van der Waals surface area contributed by atoms with Gasteiger partial charge in [-0.25, -0.2) is 19.6 Å². The second-order valence-electron chi connectivity index (χ2n) is 8.95. The van der Waals surface area contributed by atoms with Crippen molar-refractivity contribution in [1.82, 2.24) is 34.6 Å². The van der Waals surface area contributed by atoms with Crippen LogP contribution in [0.25, 0.3) is 22.3 Å². The SMILES string of the molecule is Nc1ncc(-c2nc(N3CCOCC3)nc3c2cnn3C2CCN(C3(N)CC3)CC2)cn1. The summed E-state index contributed by atoms with van der Waals surface area (Å²) < 4.78 is 7.60. The maximum absolute atomic E-state index is 6.42. The highest BCUT2D eigenvalue weighted by molar-refractivity contribution is 5.91. The lowest BCUT2D eigenvalue weighted by Gasteiger charge is -2.36. The number of hydrogen-bond acceptors (Lipinski definition) is 10. The van der Waals surface area contributed by atoms with Crippen LogP contribution in [-0.4, -0.2) is 79.7 Å². The molecule has 3 aromatic rings. The predicted molar refractivity (Wildman–Crippen MR) is 120 cm³/mol. The number of likely N-dealkylation sites (tertiary alicyclic amines) is 1. The molecule has 3 fully saturated rings. The van der Waals surface area contributed by atoms with E-state index in [-0.39, 0.29) is 17.7 Å². The molecule has 3 aromatic heterocycles. The lowest BCUT2D eigenvalue weighted by atomic mass is 10.0. The molecule has 2 aliphatic heterocycles. The molecule has 0 amide bonds. The molecule has 11 heteroatoms. The van der Waals surface area contributed by atoms with E-state index in [1.165, 1.54) is 0 Å². The van der Waals surface area contributed by atoms with E-state index in [2.05, 4.69) is 24.4 Å². The Hall–Kier alpha value is -2.89. The van der Waals surface area contributed by atoms with Crippen LogP contribution in [0, 0.1) is 0 Å². The molecule has 3 aliphatic rings. The third kappa shape index (κ3) is 3.46. The molecule has 5 heterocycles. The summed E-state index contributed by atoms with van der Waals surface area (Å²) in [5.41, 5.74) is 14.5. The van der Waals surface area contributed by atoms with Gasteiger partial charge in [0.15, 0.2) is 5.65 Å². The summed E-state index contributed by atoms with van der Waals surface area (Å²) in [4.78, 5) is 22.8. The van der Waals surface area contributed by atoms with Gasteiger partial charge >= 0.3 is 0 Å². The first kappa shape index (κ1) is 19.8. The number of ether oxygens (including phenoxy) is 1. The smallest absolute Gasteiger partial charge is 0.228 e. The molecule has 1 saturated carbocycles. The zero-order valence-electron chi connectivity index (χ0n) is 18.0. The van der Waals surface area contributed by atoms with Gasteiger partial charge in [-0.05, 0) is 25.7 Å². The molecule has 0 bridgehead atoms. The Kier molecular flexibility index (Phi) is 4.70. The molecule has 168 valence electrons. The molecule has 2 saturated heterocycles. The first-order valence-electron chi connectivity index (χ1n) is 11.3. The minimum absolute atomic E-state index is 0.0643. The number of hydrogen-bond donors (Lipinski definition) is 2. The Morgan fingerprint density at radius 1 is 0.969 bits per heavy atom. The van der Waals surface area contributed by atoms with Crippen LogP contribution in [0.1, 0.15) is 31.7 Å². The zero-order valence-corrected chi connectivity index (χ0v) is 18.0. The van der Waals surface area contributed by atoms with Gasteiger partial charge in [-0.1, -0.05) is 0 Å². The van der Waals surface area contributed by atoms with Crippen LogP contribution in [0.3, 0.4) is 0 Å². The third-order valence-corrected chi connectivity index (χ3v) is 6.88. The van der Waals surface area contributed by atoms with Crippen LogP contribution in [-0.2, 0) is 4.74 Å². The van der Waals surface area contributed by atoms with Gasteiger partial charge in [-0.15, -0.1) is 0 Å². The van der Waals surface area contributed by atoms with E-state index in [1.54, 1.807) is 12.4 Å². The van der Waals surface area contributed by atoms with Crippen molar-refractivity contribution in [2.24, 2.45) is 5.73 Å². The Labute approximate surface area is 185 Å². The van der Waals surface area contributed by atoms with Gasteiger partial charge in [0.1, 0.15) is 0 Å². The van der Waals surface area contributed by atoms with Crippen molar-refractivity contribution in [1.29, 1.82) is 0 Å². The highest BCUT2D eigenvalue weighted by atomic mass is 16.5. The van der Waals surface area contributed by atoms with Gasteiger partial charge in [-0.2, -0.15) is 10.1 Å². The van der Waals surface area contributed by atoms with Crippen molar-refractivity contribution in [3.63, 3.8) is 0 Å². The van der Waals surface area contributed by atoms with E-state index in [4.69, 9.17) is 31.3 Å². The van der Waals surface area contributed by atoms with Gasteiger partial charge in [-0.3, -0.25) is 4.90 Å². The summed E-state index contributed by atoms with van der Waals surface area (Å²) in [7, 11) is 0. The monoisotopic (exact) mass is 436 g/mol. The number of piperidine rings is 1. The number of aromatic nitrogens is 6. The normalized spacial score (nSPS) is 21.8. The molecule has 4 N–H and O–H groups in total. The second-order valence-corrected chi connectivity index (χ2v) is 8.95. The van der Waals surface area contributed by atoms with Crippen molar-refractivity contribution < 1.29 is 4.74 Å². The van der Waals surface area contributed by atoms with Crippen molar-refractivity contribution in [2.75, 3.05) is 50.0 Å². The predicted octanol–water partition coefficient (Wildman–Crippen LogP) is 0.788. The summed E-state index contributed by atoms with van der Waals surface area (Å²) in [6, 6.07) is 0.286. The molecule has 0 aromatic carbocycles. The summed E-state index contributed by atoms with van der Waals surface area (Å²) in [5, 5.41) is 5.67. The Bertz CT molecular complexity index is 1110. The lowest BCUT2D eigenvalue weighted by Crippen LogP contribution is -2.48. The Balaban J connectivity index is 1.39. The van der Waals surface area contributed by atoms with Crippen molar-refractivity contribution in [2.45, 2.75) is 37.4 Å². The summed E-state index contributed by atoms with van der Waals surface area (Å²) in [5.74, 6) is 0.925. The molecular formula is C21H28N10O. The number of morpholine rings is 1. The van der Waals surface area contributed by atoms with Crippen LogP contribution in [0.2, 0.25) is 0 Å². The zero-order chi connectivity index (χ0) is 21.7. The minimum Gasteiger partial charge on any atom is -0.378 e. The van der Waals surface area contributed by atoms with Crippen LogP contribution >= 0.6 is 0 Å². The van der Waals surface area contributed by atoms with E-state index >= 15 is 0 Å². The van der Waals surface area contributed by atoms with Crippen molar-refractivity contribution >= 4 is 22.9 Å². The van der Waals surface area contributed by atoms with Gasteiger partial charge in [0.2, 0.25) is 11.9 Å². The van der Waals surface area contributed by atoms with Gasteiger partial charge < -0.3 is 21.1 Å². The number of nitrogens with zero attached hydrogens (tertiary/aromatic N) is 8. The summed E-state index contributed by atoms with van der Waals surface area (Å²) in [6.07, 6.45) is 9.50. The van der Waals surface area contributed by atoms with Gasteiger partial charge in [0, 0.05) is 44.1 Å². The number of anilines is 2. The fourth-order valence-corrected chi connectivity index (χ4v) is 4.77. The van der Waals surface area contributed by atoms with E-state index in [9.17, 15) is 0 Å². The molecular weight excluding hydrogens is 408 g/mol. The lowest BCUT2D eigenvalue weighted by molar-refractivity contribution is 0.120. The number of rotatable bonds is 4. The average Bonchev–Trinajstić information content (AvgIpc) is 3.45. The molecule has 1 aliphatic carbocycles. The maximum atomic E-state index is 6.42. The third-order valence-electron chi connectivity index (χ3n) is 6.88. The van der Waals surface area contributed by atoms with Crippen molar-refractivity contribution in [3.8, 4) is 11.3 Å². The fourth-order valence-electron chi connectivity index (χ4n) is 4.77. The number of nitrogen functional groups attached to an aromatic ring is 1. The fraction of sp³-hybridized carbons (Fsp3) is 0.571. The van der Waals surface area contributed by atoms with Gasteiger partial charge in [0.05, 0.1) is 42.2 Å². The topological polar surface area (TPSA) is 137 Å². The molecule has 0 atom stereocenters. The molecule has 11 nitrogen and oxygen atoms in total. The van der Waals surface area contributed by atoms with E-state index < -0.39 is 0 Å². The van der Waals surface area contributed by atoms with Crippen LogP contribution < -0.4 is 16.4 Å². The molecule has 32 heavy (non-hydrogen) atoms. The van der Waals surface area contributed by atoms with E-state index in [0.29, 0.717) is 19.2 Å². The number of nitrogens with two attached hydrogens (primary N) is 2. The number of fused-ring (bicyclic) bond motifs is 1.